The molecule has 3 N–H and O–H groups in total. The Bertz CT molecular complexity index is 460. The summed E-state index contributed by atoms with van der Waals surface area (Å²) in [5.41, 5.74) is 0. The molecule has 8 nitrogen and oxygen atoms in total. The van der Waals surface area contributed by atoms with Crippen molar-refractivity contribution in [1.82, 2.24) is 10.6 Å². The Morgan fingerprint density at radius 2 is 1.80 bits per heavy atom. The highest BCUT2D eigenvalue weighted by Gasteiger charge is 2.14. The number of sulfone groups is 1. The first-order chi connectivity index (χ1) is 9.10. The second-order valence-electron chi connectivity index (χ2n) is 4.69. The summed E-state index contributed by atoms with van der Waals surface area (Å²) in [5.74, 6) is -1.99. The number of aliphatic carboxylic acids is 1. The standard InChI is InChI=1S/C11H20N2O6S/c1-8(7-10(15)16)6-9(14)13-11(17)12-4-3-5-20(2,18)19/h8H,3-7H2,1-2H3,(H,15,16)(H2,12,13,14,17). The van der Waals surface area contributed by atoms with E-state index in [1.54, 1.807) is 6.92 Å². The Hall–Kier alpha value is -1.64. The molecule has 0 saturated carbocycles. The second kappa shape index (κ2) is 8.51. The molecule has 0 aliphatic rings. The number of carbonyl (C=O) groups is 3. The topological polar surface area (TPSA) is 130 Å². The largest absolute Gasteiger partial charge is 0.481 e. The molecule has 0 fully saturated rings. The predicted octanol–water partition coefficient (Wildman–Crippen LogP) is -0.252. The monoisotopic (exact) mass is 308 g/mol. The fourth-order valence-corrected chi connectivity index (χ4v) is 2.11. The Morgan fingerprint density at radius 1 is 1.20 bits per heavy atom. The van der Waals surface area contributed by atoms with Crippen LogP contribution in [0.4, 0.5) is 4.79 Å². The van der Waals surface area contributed by atoms with Gasteiger partial charge in [0.15, 0.2) is 0 Å². The van der Waals surface area contributed by atoms with Crippen LogP contribution in [-0.4, -0.2) is 50.0 Å². The minimum Gasteiger partial charge on any atom is -0.481 e. The van der Waals surface area contributed by atoms with E-state index in [2.05, 4.69) is 10.6 Å². The summed E-state index contributed by atoms with van der Waals surface area (Å²) in [5, 5.41) is 12.9. The lowest BCUT2D eigenvalue weighted by molar-refractivity contribution is -0.138. The Balaban J connectivity index is 3.85. The van der Waals surface area contributed by atoms with Crippen LogP contribution in [0.3, 0.4) is 0 Å². The Labute approximate surface area is 117 Å². The van der Waals surface area contributed by atoms with Gasteiger partial charge in [-0.1, -0.05) is 6.92 Å². The maximum Gasteiger partial charge on any atom is 0.321 e. The molecule has 0 spiro atoms. The number of rotatable bonds is 8. The van der Waals surface area contributed by atoms with Crippen LogP contribution in [-0.2, 0) is 19.4 Å². The van der Waals surface area contributed by atoms with E-state index < -0.39 is 27.7 Å². The first kappa shape index (κ1) is 18.4. The highest BCUT2D eigenvalue weighted by atomic mass is 32.2. The number of urea groups is 1. The smallest absolute Gasteiger partial charge is 0.321 e. The molecule has 116 valence electrons. The number of hydrogen-bond donors (Lipinski definition) is 3. The maximum atomic E-state index is 11.4. The molecule has 0 aliphatic carbocycles. The van der Waals surface area contributed by atoms with Gasteiger partial charge in [-0.2, -0.15) is 0 Å². The molecule has 3 amide bonds. The summed E-state index contributed by atoms with van der Waals surface area (Å²) in [6, 6.07) is -0.717. The number of amides is 3. The average molecular weight is 308 g/mol. The lowest BCUT2D eigenvalue weighted by Crippen LogP contribution is -2.40. The fourth-order valence-electron chi connectivity index (χ4n) is 1.44. The van der Waals surface area contributed by atoms with Crippen molar-refractivity contribution in [2.24, 2.45) is 5.92 Å². The zero-order valence-electron chi connectivity index (χ0n) is 11.5. The lowest BCUT2D eigenvalue weighted by atomic mass is 10.0. The molecule has 0 aliphatic heterocycles. The lowest BCUT2D eigenvalue weighted by Gasteiger charge is -2.09. The van der Waals surface area contributed by atoms with Gasteiger partial charge >= 0.3 is 12.0 Å². The van der Waals surface area contributed by atoms with Gasteiger partial charge in [0.25, 0.3) is 0 Å². The number of carboxylic acid groups (broad SMARTS) is 1. The van der Waals surface area contributed by atoms with Gasteiger partial charge in [0.2, 0.25) is 5.91 Å². The van der Waals surface area contributed by atoms with Crippen molar-refractivity contribution < 1.29 is 27.9 Å². The van der Waals surface area contributed by atoms with Crippen LogP contribution < -0.4 is 10.6 Å². The van der Waals surface area contributed by atoms with E-state index in [4.69, 9.17) is 5.11 Å². The van der Waals surface area contributed by atoms with Gasteiger partial charge < -0.3 is 10.4 Å². The first-order valence-corrected chi connectivity index (χ1v) is 8.13. The molecule has 0 rings (SSSR count). The van der Waals surface area contributed by atoms with Crippen molar-refractivity contribution in [2.75, 3.05) is 18.6 Å². The van der Waals surface area contributed by atoms with Crippen LogP contribution in [0.2, 0.25) is 0 Å². The number of carboxylic acids is 1. The van der Waals surface area contributed by atoms with Gasteiger partial charge in [0.1, 0.15) is 9.84 Å². The zero-order valence-corrected chi connectivity index (χ0v) is 12.3. The van der Waals surface area contributed by atoms with Crippen molar-refractivity contribution in [3.05, 3.63) is 0 Å². The molecule has 0 heterocycles. The number of nitrogens with one attached hydrogen (secondary N) is 2. The van der Waals surface area contributed by atoms with Crippen LogP contribution in [0, 0.1) is 5.92 Å². The summed E-state index contributed by atoms with van der Waals surface area (Å²) < 4.78 is 21.7. The molecule has 1 unspecified atom stereocenters. The molecule has 0 aromatic heterocycles. The second-order valence-corrected chi connectivity index (χ2v) is 6.95. The molecule has 0 aromatic carbocycles. The molecule has 0 bridgehead atoms. The normalized spacial score (nSPS) is 12.5. The third kappa shape index (κ3) is 11.5. The van der Waals surface area contributed by atoms with E-state index in [0.717, 1.165) is 6.26 Å². The third-order valence-corrected chi connectivity index (χ3v) is 3.32. The van der Waals surface area contributed by atoms with Crippen molar-refractivity contribution in [1.29, 1.82) is 0 Å². The molecule has 20 heavy (non-hydrogen) atoms. The molecular formula is C11H20N2O6S. The zero-order chi connectivity index (χ0) is 15.8. The summed E-state index contributed by atoms with van der Waals surface area (Å²) in [6.07, 6.45) is 1.14. The first-order valence-electron chi connectivity index (χ1n) is 6.07. The molecule has 0 radical (unpaired) electrons. The van der Waals surface area contributed by atoms with Gasteiger partial charge in [-0.25, -0.2) is 13.2 Å². The van der Waals surface area contributed by atoms with Crippen LogP contribution in [0.1, 0.15) is 26.2 Å². The summed E-state index contributed by atoms with van der Waals surface area (Å²) >= 11 is 0. The van der Waals surface area contributed by atoms with Crippen LogP contribution >= 0.6 is 0 Å². The van der Waals surface area contributed by atoms with Gasteiger partial charge in [0, 0.05) is 25.6 Å². The number of carbonyl (C=O) groups excluding carboxylic acids is 2. The minimum atomic E-state index is -3.07. The van der Waals surface area contributed by atoms with Crippen LogP contribution in [0.15, 0.2) is 0 Å². The van der Waals surface area contributed by atoms with E-state index >= 15 is 0 Å². The molecule has 0 aromatic rings. The van der Waals surface area contributed by atoms with E-state index in [-0.39, 0.29) is 37.5 Å². The van der Waals surface area contributed by atoms with E-state index in [1.165, 1.54) is 0 Å². The molecule has 0 saturated heterocycles. The highest BCUT2D eigenvalue weighted by Crippen LogP contribution is 2.06. The summed E-state index contributed by atoms with van der Waals surface area (Å²) in [6.45, 7) is 1.73. The quantitative estimate of drug-likeness (QED) is 0.530. The molecule has 1 atom stereocenters. The number of imide groups is 1. The minimum absolute atomic E-state index is 0.0448. The van der Waals surface area contributed by atoms with Gasteiger partial charge in [-0.05, 0) is 12.3 Å². The summed E-state index contributed by atoms with van der Waals surface area (Å²) in [4.78, 5) is 33.1. The summed E-state index contributed by atoms with van der Waals surface area (Å²) in [7, 11) is -3.07. The van der Waals surface area contributed by atoms with Crippen molar-refractivity contribution in [2.45, 2.75) is 26.2 Å². The average Bonchev–Trinajstić information content (AvgIpc) is 2.21. The maximum absolute atomic E-state index is 11.4. The molecular weight excluding hydrogens is 288 g/mol. The van der Waals surface area contributed by atoms with Crippen LogP contribution in [0.25, 0.3) is 0 Å². The van der Waals surface area contributed by atoms with E-state index in [9.17, 15) is 22.8 Å². The van der Waals surface area contributed by atoms with E-state index in [0.29, 0.717) is 0 Å². The number of hydrogen-bond acceptors (Lipinski definition) is 5. The third-order valence-electron chi connectivity index (χ3n) is 2.29. The highest BCUT2D eigenvalue weighted by molar-refractivity contribution is 7.90. The van der Waals surface area contributed by atoms with Gasteiger partial charge in [-0.15, -0.1) is 0 Å². The van der Waals surface area contributed by atoms with Crippen molar-refractivity contribution >= 4 is 27.7 Å². The van der Waals surface area contributed by atoms with Gasteiger partial charge in [0.05, 0.1) is 5.75 Å². The van der Waals surface area contributed by atoms with Crippen molar-refractivity contribution in [3.8, 4) is 0 Å². The van der Waals surface area contributed by atoms with E-state index in [1.807, 2.05) is 0 Å². The fraction of sp³-hybridized carbons (Fsp3) is 0.727. The van der Waals surface area contributed by atoms with Crippen LogP contribution in [0.5, 0.6) is 0 Å². The van der Waals surface area contributed by atoms with Crippen molar-refractivity contribution in [3.63, 3.8) is 0 Å². The van der Waals surface area contributed by atoms with Gasteiger partial charge in [-0.3, -0.25) is 14.9 Å². The Morgan fingerprint density at radius 3 is 2.30 bits per heavy atom. The molecule has 9 heteroatoms. The predicted molar refractivity (Wildman–Crippen MR) is 71.9 cm³/mol. The SMILES string of the molecule is CC(CC(=O)O)CC(=O)NC(=O)NCCCS(C)(=O)=O. The Kier molecular flexibility index (Phi) is 7.82.